The average Bonchev–Trinajstić information content (AvgIpc) is 3.16. The number of nitrogens with one attached hydrogen (secondary N) is 2. The fourth-order valence-corrected chi connectivity index (χ4v) is 2.75. The molecule has 1 fully saturated rings. The molecule has 6 heteroatoms. The highest BCUT2D eigenvalue weighted by molar-refractivity contribution is 5.79. The topological polar surface area (TPSA) is 68.0 Å². The number of aliphatic imine (C=N–C) groups is 1. The maximum absolute atomic E-state index is 5.82. The van der Waals surface area contributed by atoms with Crippen LogP contribution in [0.25, 0.3) is 0 Å². The van der Waals surface area contributed by atoms with Gasteiger partial charge in [0, 0.05) is 52.5 Å². The maximum atomic E-state index is 5.82. The van der Waals surface area contributed by atoms with Gasteiger partial charge in [-0.1, -0.05) is 13.8 Å². The van der Waals surface area contributed by atoms with E-state index < -0.39 is 0 Å². The highest BCUT2D eigenvalue weighted by Gasteiger charge is 2.13. The number of ether oxygens (including phenoxy) is 2. The standard InChI is InChI=1S/C20H35N3O3/c1-17(2)15-23-20(22-10-6-19-5-3-12-26-19)21-9-4-11-25-16-18-7-13-24-14-8-18/h3,5,12,17-18H,4,6-11,13-16H2,1-2H3,(H2,21,22,23). The molecule has 148 valence electrons. The van der Waals surface area contributed by atoms with Crippen LogP contribution >= 0.6 is 0 Å². The second-order valence-electron chi connectivity index (χ2n) is 7.25. The van der Waals surface area contributed by atoms with Gasteiger partial charge in [-0.05, 0) is 43.2 Å². The van der Waals surface area contributed by atoms with Gasteiger partial charge >= 0.3 is 0 Å². The van der Waals surface area contributed by atoms with E-state index in [1.165, 1.54) is 0 Å². The molecule has 0 radical (unpaired) electrons. The summed E-state index contributed by atoms with van der Waals surface area (Å²) >= 11 is 0. The van der Waals surface area contributed by atoms with Gasteiger partial charge in [-0.3, -0.25) is 4.99 Å². The summed E-state index contributed by atoms with van der Waals surface area (Å²) in [6, 6.07) is 3.91. The second-order valence-corrected chi connectivity index (χ2v) is 7.25. The molecule has 0 spiro atoms. The molecule has 0 aromatic carbocycles. The first-order valence-electron chi connectivity index (χ1n) is 9.94. The van der Waals surface area contributed by atoms with Gasteiger partial charge in [-0.2, -0.15) is 0 Å². The van der Waals surface area contributed by atoms with Crippen LogP contribution in [-0.4, -0.2) is 52.0 Å². The molecule has 0 amide bonds. The van der Waals surface area contributed by atoms with Crippen LogP contribution in [0.5, 0.6) is 0 Å². The monoisotopic (exact) mass is 365 g/mol. The van der Waals surface area contributed by atoms with Crippen LogP contribution in [0.1, 0.15) is 38.9 Å². The van der Waals surface area contributed by atoms with Crippen molar-refractivity contribution in [3.05, 3.63) is 24.2 Å². The minimum absolute atomic E-state index is 0.543. The van der Waals surface area contributed by atoms with Crippen molar-refractivity contribution < 1.29 is 13.9 Å². The predicted octanol–water partition coefficient (Wildman–Crippen LogP) is 2.85. The number of guanidine groups is 1. The highest BCUT2D eigenvalue weighted by atomic mass is 16.5. The van der Waals surface area contributed by atoms with Crippen molar-refractivity contribution in [3.63, 3.8) is 0 Å². The van der Waals surface area contributed by atoms with Crippen LogP contribution in [-0.2, 0) is 15.9 Å². The molecule has 26 heavy (non-hydrogen) atoms. The second kappa shape index (κ2) is 12.8. The molecular formula is C20H35N3O3. The Kier molecular flexibility index (Phi) is 10.2. The van der Waals surface area contributed by atoms with Crippen molar-refractivity contribution >= 4 is 5.96 Å². The van der Waals surface area contributed by atoms with Crippen molar-refractivity contribution in [2.45, 2.75) is 39.5 Å². The summed E-state index contributed by atoms with van der Waals surface area (Å²) < 4.78 is 16.6. The number of hydrogen-bond donors (Lipinski definition) is 2. The molecule has 0 bridgehead atoms. The molecular weight excluding hydrogens is 330 g/mol. The van der Waals surface area contributed by atoms with Crippen LogP contribution in [0.4, 0.5) is 0 Å². The molecule has 1 aromatic rings. The van der Waals surface area contributed by atoms with Gasteiger partial charge in [0.15, 0.2) is 5.96 Å². The molecule has 0 atom stereocenters. The van der Waals surface area contributed by atoms with Gasteiger partial charge in [-0.15, -0.1) is 0 Å². The Balaban J connectivity index is 1.58. The van der Waals surface area contributed by atoms with E-state index in [2.05, 4.69) is 29.5 Å². The molecule has 1 aliphatic heterocycles. The molecule has 0 unspecified atom stereocenters. The van der Waals surface area contributed by atoms with Crippen molar-refractivity contribution in [2.24, 2.45) is 16.8 Å². The van der Waals surface area contributed by atoms with Crippen molar-refractivity contribution in [1.29, 1.82) is 0 Å². The fraction of sp³-hybridized carbons (Fsp3) is 0.750. The molecule has 1 aromatic heterocycles. The van der Waals surface area contributed by atoms with Gasteiger partial charge in [0.1, 0.15) is 5.76 Å². The summed E-state index contributed by atoms with van der Waals surface area (Å²) in [4.78, 5) is 4.64. The Bertz CT molecular complexity index is 483. The van der Waals surface area contributed by atoms with Crippen LogP contribution in [0, 0.1) is 11.8 Å². The van der Waals surface area contributed by atoms with Gasteiger partial charge in [0.05, 0.1) is 6.26 Å². The lowest BCUT2D eigenvalue weighted by molar-refractivity contribution is 0.0203. The zero-order valence-corrected chi connectivity index (χ0v) is 16.3. The van der Waals surface area contributed by atoms with Gasteiger partial charge in [0.2, 0.25) is 0 Å². The Morgan fingerprint density at radius 3 is 2.81 bits per heavy atom. The lowest BCUT2D eigenvalue weighted by Crippen LogP contribution is -2.39. The third-order valence-electron chi connectivity index (χ3n) is 4.31. The molecule has 1 aliphatic rings. The van der Waals surface area contributed by atoms with E-state index in [-0.39, 0.29) is 0 Å². The lowest BCUT2D eigenvalue weighted by atomic mass is 10.0. The van der Waals surface area contributed by atoms with Crippen molar-refractivity contribution in [1.82, 2.24) is 10.6 Å². The minimum atomic E-state index is 0.543. The Morgan fingerprint density at radius 2 is 2.08 bits per heavy atom. The van der Waals surface area contributed by atoms with Gasteiger partial charge in [-0.25, -0.2) is 0 Å². The molecule has 1 saturated heterocycles. The van der Waals surface area contributed by atoms with E-state index in [0.717, 1.165) is 83.5 Å². The highest BCUT2D eigenvalue weighted by Crippen LogP contribution is 2.14. The van der Waals surface area contributed by atoms with Crippen LogP contribution < -0.4 is 10.6 Å². The first-order chi connectivity index (χ1) is 12.7. The third-order valence-corrected chi connectivity index (χ3v) is 4.31. The number of furan rings is 1. The Hall–Kier alpha value is -1.53. The summed E-state index contributed by atoms with van der Waals surface area (Å²) in [5.41, 5.74) is 0. The summed E-state index contributed by atoms with van der Waals surface area (Å²) in [7, 11) is 0. The van der Waals surface area contributed by atoms with E-state index in [1.54, 1.807) is 6.26 Å². The molecule has 6 nitrogen and oxygen atoms in total. The van der Waals surface area contributed by atoms with E-state index >= 15 is 0 Å². The summed E-state index contributed by atoms with van der Waals surface area (Å²) in [6.45, 7) is 10.2. The fourth-order valence-electron chi connectivity index (χ4n) is 2.75. The molecule has 0 saturated carbocycles. The van der Waals surface area contributed by atoms with E-state index in [9.17, 15) is 0 Å². The average molecular weight is 366 g/mol. The molecule has 2 N–H and O–H groups in total. The first-order valence-corrected chi connectivity index (χ1v) is 9.94. The Morgan fingerprint density at radius 1 is 1.27 bits per heavy atom. The summed E-state index contributed by atoms with van der Waals surface area (Å²) in [6.07, 6.45) is 5.79. The van der Waals surface area contributed by atoms with E-state index in [4.69, 9.17) is 13.9 Å². The van der Waals surface area contributed by atoms with Crippen molar-refractivity contribution in [3.8, 4) is 0 Å². The SMILES string of the molecule is CC(C)CN=C(NCCCOCC1CCOCC1)NCCc1ccco1. The third kappa shape index (κ3) is 9.25. The zero-order valence-electron chi connectivity index (χ0n) is 16.3. The number of nitrogens with zero attached hydrogens (tertiary/aromatic N) is 1. The quantitative estimate of drug-likeness (QED) is 0.359. The first kappa shape index (κ1) is 20.8. The smallest absolute Gasteiger partial charge is 0.191 e. The maximum Gasteiger partial charge on any atom is 0.191 e. The van der Waals surface area contributed by atoms with Gasteiger partial charge in [0.25, 0.3) is 0 Å². The lowest BCUT2D eigenvalue weighted by Gasteiger charge is -2.21. The van der Waals surface area contributed by atoms with E-state index in [0.29, 0.717) is 11.8 Å². The summed E-state index contributed by atoms with van der Waals surface area (Å²) in [5.74, 6) is 3.07. The molecule has 0 aliphatic carbocycles. The predicted molar refractivity (Wildman–Crippen MR) is 105 cm³/mol. The van der Waals surface area contributed by atoms with Gasteiger partial charge < -0.3 is 24.5 Å². The molecule has 2 heterocycles. The van der Waals surface area contributed by atoms with Crippen LogP contribution in [0.15, 0.2) is 27.8 Å². The zero-order chi connectivity index (χ0) is 18.5. The van der Waals surface area contributed by atoms with E-state index in [1.807, 2.05) is 12.1 Å². The number of rotatable bonds is 11. The largest absolute Gasteiger partial charge is 0.469 e. The molecule has 2 rings (SSSR count). The summed E-state index contributed by atoms with van der Waals surface area (Å²) in [5, 5.41) is 6.78. The van der Waals surface area contributed by atoms with Crippen molar-refractivity contribution in [2.75, 3.05) is 46.1 Å². The minimum Gasteiger partial charge on any atom is -0.469 e. The normalized spacial score (nSPS) is 16.2. The Labute approximate surface area is 157 Å². The number of hydrogen-bond acceptors (Lipinski definition) is 4. The van der Waals surface area contributed by atoms with Crippen LogP contribution in [0.2, 0.25) is 0 Å². The van der Waals surface area contributed by atoms with Crippen LogP contribution in [0.3, 0.4) is 0 Å².